The Morgan fingerprint density at radius 2 is 1.93 bits per heavy atom. The van der Waals surface area contributed by atoms with E-state index in [9.17, 15) is 0 Å². The molecule has 1 nitrogen and oxygen atoms in total. The predicted molar refractivity (Wildman–Crippen MR) is 63.5 cm³/mol. The minimum Gasteiger partial charge on any atom is -0.312 e. The van der Waals surface area contributed by atoms with E-state index in [1.165, 1.54) is 44.2 Å². The SMILES string of the molecule is C=C(CC)CNCC1(CC)CCCC1. The molecule has 82 valence electrons. The van der Waals surface area contributed by atoms with Gasteiger partial charge in [-0.3, -0.25) is 0 Å². The summed E-state index contributed by atoms with van der Waals surface area (Å²) in [6, 6.07) is 0. The van der Waals surface area contributed by atoms with Gasteiger partial charge in [-0.05, 0) is 31.1 Å². The average molecular weight is 195 g/mol. The summed E-state index contributed by atoms with van der Waals surface area (Å²) in [6.07, 6.45) is 8.16. The second kappa shape index (κ2) is 5.55. The first-order valence-corrected chi connectivity index (χ1v) is 6.10. The molecule has 1 rings (SSSR count). The van der Waals surface area contributed by atoms with E-state index in [2.05, 4.69) is 25.7 Å². The molecule has 0 aliphatic heterocycles. The highest BCUT2D eigenvalue weighted by atomic mass is 14.9. The number of nitrogens with one attached hydrogen (secondary N) is 1. The maximum atomic E-state index is 4.02. The van der Waals surface area contributed by atoms with E-state index >= 15 is 0 Å². The zero-order chi connectivity index (χ0) is 10.4. The zero-order valence-electron chi connectivity index (χ0n) is 9.86. The van der Waals surface area contributed by atoms with Crippen molar-refractivity contribution < 1.29 is 0 Å². The highest BCUT2D eigenvalue weighted by Crippen LogP contribution is 2.40. The Kier molecular flexibility index (Phi) is 4.67. The fourth-order valence-electron chi connectivity index (χ4n) is 2.41. The van der Waals surface area contributed by atoms with Crippen molar-refractivity contribution in [3.63, 3.8) is 0 Å². The molecule has 14 heavy (non-hydrogen) atoms. The Morgan fingerprint density at radius 3 is 2.43 bits per heavy atom. The normalized spacial score (nSPS) is 19.9. The molecule has 0 unspecified atom stereocenters. The van der Waals surface area contributed by atoms with E-state index in [-0.39, 0.29) is 0 Å². The van der Waals surface area contributed by atoms with Gasteiger partial charge in [0.25, 0.3) is 0 Å². The Balaban J connectivity index is 2.24. The Morgan fingerprint density at radius 1 is 1.29 bits per heavy atom. The number of rotatable bonds is 6. The second-order valence-corrected chi connectivity index (χ2v) is 4.77. The molecule has 0 spiro atoms. The molecule has 1 saturated carbocycles. The number of hydrogen-bond donors (Lipinski definition) is 1. The summed E-state index contributed by atoms with van der Waals surface area (Å²) in [7, 11) is 0. The standard InChI is InChI=1S/C13H25N/c1-4-12(3)10-14-11-13(5-2)8-6-7-9-13/h14H,3-11H2,1-2H3. The molecule has 0 saturated heterocycles. The van der Waals surface area contributed by atoms with Crippen LogP contribution in [0.1, 0.15) is 52.4 Å². The van der Waals surface area contributed by atoms with Crippen LogP contribution in [0.5, 0.6) is 0 Å². The molecule has 0 aromatic heterocycles. The van der Waals surface area contributed by atoms with Gasteiger partial charge in [0.1, 0.15) is 0 Å². The first-order chi connectivity index (χ1) is 6.72. The van der Waals surface area contributed by atoms with Gasteiger partial charge in [0.05, 0.1) is 0 Å². The van der Waals surface area contributed by atoms with Crippen molar-refractivity contribution in [1.29, 1.82) is 0 Å². The van der Waals surface area contributed by atoms with E-state index in [0.29, 0.717) is 5.41 Å². The van der Waals surface area contributed by atoms with Crippen LogP contribution < -0.4 is 5.32 Å². The lowest BCUT2D eigenvalue weighted by atomic mass is 9.83. The van der Waals surface area contributed by atoms with Crippen molar-refractivity contribution >= 4 is 0 Å². The van der Waals surface area contributed by atoms with Gasteiger partial charge in [0.15, 0.2) is 0 Å². The van der Waals surface area contributed by atoms with Gasteiger partial charge < -0.3 is 5.32 Å². The fraction of sp³-hybridized carbons (Fsp3) is 0.846. The van der Waals surface area contributed by atoms with Crippen LogP contribution in [0.2, 0.25) is 0 Å². The molecule has 0 aromatic carbocycles. The van der Waals surface area contributed by atoms with Crippen molar-refractivity contribution in [3.8, 4) is 0 Å². The monoisotopic (exact) mass is 195 g/mol. The zero-order valence-corrected chi connectivity index (χ0v) is 9.86. The summed E-state index contributed by atoms with van der Waals surface area (Å²) in [5.41, 5.74) is 1.95. The van der Waals surface area contributed by atoms with Gasteiger partial charge in [-0.1, -0.05) is 38.8 Å². The third-order valence-electron chi connectivity index (χ3n) is 3.79. The summed E-state index contributed by atoms with van der Waals surface area (Å²) >= 11 is 0. The largest absolute Gasteiger partial charge is 0.312 e. The smallest absolute Gasteiger partial charge is 0.0162 e. The van der Waals surface area contributed by atoms with Crippen molar-refractivity contribution in [2.45, 2.75) is 52.4 Å². The molecule has 0 atom stereocenters. The molecule has 0 radical (unpaired) electrons. The lowest BCUT2D eigenvalue weighted by Crippen LogP contribution is -2.32. The molecule has 1 fully saturated rings. The first-order valence-electron chi connectivity index (χ1n) is 6.10. The quantitative estimate of drug-likeness (QED) is 0.639. The molecule has 1 heteroatoms. The van der Waals surface area contributed by atoms with E-state index in [1.54, 1.807) is 0 Å². The highest BCUT2D eigenvalue weighted by molar-refractivity contribution is 4.96. The maximum absolute atomic E-state index is 4.02. The maximum Gasteiger partial charge on any atom is 0.0162 e. The van der Waals surface area contributed by atoms with Gasteiger partial charge in [-0.2, -0.15) is 0 Å². The summed E-state index contributed by atoms with van der Waals surface area (Å²) in [6.45, 7) is 10.7. The summed E-state index contributed by atoms with van der Waals surface area (Å²) in [5.74, 6) is 0. The second-order valence-electron chi connectivity index (χ2n) is 4.77. The van der Waals surface area contributed by atoms with Gasteiger partial charge in [0, 0.05) is 13.1 Å². The van der Waals surface area contributed by atoms with Gasteiger partial charge in [0.2, 0.25) is 0 Å². The van der Waals surface area contributed by atoms with E-state index in [1.807, 2.05) is 0 Å². The summed E-state index contributed by atoms with van der Waals surface area (Å²) in [5, 5.41) is 3.57. The van der Waals surface area contributed by atoms with Crippen molar-refractivity contribution in [2.75, 3.05) is 13.1 Å². The predicted octanol–water partition coefficient (Wildman–Crippen LogP) is 3.51. The fourth-order valence-corrected chi connectivity index (χ4v) is 2.41. The van der Waals surface area contributed by atoms with Crippen LogP contribution in [0.25, 0.3) is 0 Å². The van der Waals surface area contributed by atoms with Gasteiger partial charge in [-0.25, -0.2) is 0 Å². The van der Waals surface area contributed by atoms with Crippen LogP contribution in [0, 0.1) is 5.41 Å². The van der Waals surface area contributed by atoms with E-state index in [0.717, 1.165) is 13.0 Å². The van der Waals surface area contributed by atoms with Crippen LogP contribution >= 0.6 is 0 Å². The average Bonchev–Trinajstić information content (AvgIpc) is 2.67. The van der Waals surface area contributed by atoms with Crippen molar-refractivity contribution in [3.05, 3.63) is 12.2 Å². The van der Waals surface area contributed by atoms with Crippen molar-refractivity contribution in [2.24, 2.45) is 5.41 Å². The van der Waals surface area contributed by atoms with Crippen LogP contribution in [-0.4, -0.2) is 13.1 Å². The van der Waals surface area contributed by atoms with E-state index in [4.69, 9.17) is 0 Å². The third-order valence-corrected chi connectivity index (χ3v) is 3.79. The number of hydrogen-bond acceptors (Lipinski definition) is 1. The molecule has 1 N–H and O–H groups in total. The Labute approximate surface area is 89.0 Å². The molecule has 1 aliphatic carbocycles. The minimum absolute atomic E-state index is 0.619. The highest BCUT2D eigenvalue weighted by Gasteiger charge is 2.31. The molecule has 0 heterocycles. The van der Waals surface area contributed by atoms with Gasteiger partial charge in [-0.15, -0.1) is 0 Å². The third kappa shape index (κ3) is 3.13. The first kappa shape index (κ1) is 11.8. The Bertz CT molecular complexity index is 178. The molecule has 0 aromatic rings. The van der Waals surface area contributed by atoms with Crippen LogP contribution in [0.3, 0.4) is 0 Å². The van der Waals surface area contributed by atoms with Crippen LogP contribution in [0.4, 0.5) is 0 Å². The Hall–Kier alpha value is -0.300. The lowest BCUT2D eigenvalue weighted by molar-refractivity contribution is 0.272. The van der Waals surface area contributed by atoms with Crippen molar-refractivity contribution in [1.82, 2.24) is 5.32 Å². The minimum atomic E-state index is 0.619. The topological polar surface area (TPSA) is 12.0 Å². The van der Waals surface area contributed by atoms with Crippen LogP contribution in [0.15, 0.2) is 12.2 Å². The molecule has 0 amide bonds. The van der Waals surface area contributed by atoms with Gasteiger partial charge >= 0.3 is 0 Å². The molecule has 1 aliphatic rings. The molecular weight excluding hydrogens is 170 g/mol. The molecule has 0 bridgehead atoms. The summed E-state index contributed by atoms with van der Waals surface area (Å²) < 4.78 is 0. The van der Waals surface area contributed by atoms with Crippen LogP contribution in [-0.2, 0) is 0 Å². The summed E-state index contributed by atoms with van der Waals surface area (Å²) in [4.78, 5) is 0. The lowest BCUT2D eigenvalue weighted by Gasteiger charge is -2.28. The van der Waals surface area contributed by atoms with E-state index < -0.39 is 0 Å². The molecular formula is C13H25N.